The van der Waals surface area contributed by atoms with Gasteiger partial charge in [-0.2, -0.15) is 0 Å². The van der Waals surface area contributed by atoms with Crippen molar-refractivity contribution >= 4 is 15.9 Å². The zero-order chi connectivity index (χ0) is 13.0. The third-order valence-corrected chi connectivity index (χ3v) is 3.31. The highest BCUT2D eigenvalue weighted by molar-refractivity contribution is 9.10. The van der Waals surface area contributed by atoms with Crippen molar-refractivity contribution in [1.82, 2.24) is 4.98 Å². The lowest BCUT2D eigenvalue weighted by Crippen LogP contribution is -2.13. The van der Waals surface area contributed by atoms with Crippen LogP contribution in [0, 0.1) is 0 Å². The third-order valence-electron chi connectivity index (χ3n) is 2.82. The highest BCUT2D eigenvalue weighted by atomic mass is 79.9. The molecule has 1 heterocycles. The van der Waals surface area contributed by atoms with E-state index >= 15 is 0 Å². The van der Waals surface area contributed by atoms with E-state index in [1.165, 1.54) is 0 Å². The van der Waals surface area contributed by atoms with E-state index < -0.39 is 0 Å². The van der Waals surface area contributed by atoms with E-state index in [1.54, 1.807) is 19.5 Å². The zero-order valence-electron chi connectivity index (χ0n) is 10.1. The predicted octanol–water partition coefficient (Wildman–Crippen LogP) is 3.10. The van der Waals surface area contributed by atoms with Gasteiger partial charge in [0.1, 0.15) is 5.75 Å². The van der Waals surface area contributed by atoms with Gasteiger partial charge in [-0.25, -0.2) is 0 Å². The Kier molecular flexibility index (Phi) is 4.33. The van der Waals surface area contributed by atoms with Crippen molar-refractivity contribution in [3.8, 4) is 5.75 Å². The van der Waals surface area contributed by atoms with Crippen LogP contribution in [0.2, 0.25) is 0 Å². The first kappa shape index (κ1) is 13.1. The zero-order valence-corrected chi connectivity index (χ0v) is 11.7. The molecule has 0 aliphatic heterocycles. The highest BCUT2D eigenvalue weighted by Gasteiger charge is 2.11. The summed E-state index contributed by atoms with van der Waals surface area (Å²) in [5.41, 5.74) is 8.37. The minimum atomic E-state index is -0.0591. The maximum atomic E-state index is 6.20. The van der Waals surface area contributed by atoms with E-state index in [4.69, 9.17) is 10.5 Å². The lowest BCUT2D eigenvalue weighted by molar-refractivity contribution is 0.408. The standard InChI is InChI=1S/C14H15BrN2O/c1-18-14-3-2-12(15)8-11(14)9-13(16)10-4-6-17-7-5-10/h2-8,13H,9,16H2,1H3. The second kappa shape index (κ2) is 5.98. The largest absolute Gasteiger partial charge is 0.496 e. The molecule has 0 spiro atoms. The number of benzene rings is 1. The Morgan fingerprint density at radius 3 is 2.67 bits per heavy atom. The maximum Gasteiger partial charge on any atom is 0.122 e. The molecule has 0 saturated carbocycles. The van der Waals surface area contributed by atoms with E-state index in [0.717, 1.165) is 27.8 Å². The number of rotatable bonds is 4. The molecule has 3 nitrogen and oxygen atoms in total. The summed E-state index contributed by atoms with van der Waals surface area (Å²) in [6, 6.07) is 9.76. The molecule has 0 saturated heterocycles. The molecule has 1 aromatic heterocycles. The van der Waals surface area contributed by atoms with Crippen molar-refractivity contribution in [2.45, 2.75) is 12.5 Å². The van der Waals surface area contributed by atoms with Crippen LogP contribution < -0.4 is 10.5 Å². The first-order valence-corrected chi connectivity index (χ1v) is 6.48. The van der Waals surface area contributed by atoms with Crippen LogP contribution in [0.5, 0.6) is 5.75 Å². The summed E-state index contributed by atoms with van der Waals surface area (Å²) in [6.45, 7) is 0. The molecule has 1 aromatic carbocycles. The Balaban J connectivity index is 2.21. The van der Waals surface area contributed by atoms with Gasteiger partial charge in [-0.3, -0.25) is 4.98 Å². The lowest BCUT2D eigenvalue weighted by Gasteiger charge is -2.14. The van der Waals surface area contributed by atoms with Gasteiger partial charge in [-0.15, -0.1) is 0 Å². The fraction of sp³-hybridized carbons (Fsp3) is 0.214. The van der Waals surface area contributed by atoms with E-state index in [-0.39, 0.29) is 6.04 Å². The molecule has 4 heteroatoms. The van der Waals surface area contributed by atoms with Crippen molar-refractivity contribution in [2.75, 3.05) is 7.11 Å². The van der Waals surface area contributed by atoms with Crippen LogP contribution in [0.15, 0.2) is 47.2 Å². The van der Waals surface area contributed by atoms with Gasteiger partial charge in [0.25, 0.3) is 0 Å². The number of pyridine rings is 1. The molecule has 0 fully saturated rings. The summed E-state index contributed by atoms with van der Waals surface area (Å²) >= 11 is 3.47. The topological polar surface area (TPSA) is 48.1 Å². The Bertz CT molecular complexity index is 516. The quantitative estimate of drug-likeness (QED) is 0.944. The van der Waals surface area contributed by atoms with Crippen LogP contribution in [-0.2, 0) is 6.42 Å². The van der Waals surface area contributed by atoms with Gasteiger partial charge < -0.3 is 10.5 Å². The molecule has 18 heavy (non-hydrogen) atoms. The van der Waals surface area contributed by atoms with Gasteiger partial charge in [-0.05, 0) is 47.9 Å². The van der Waals surface area contributed by atoms with Crippen LogP contribution in [0.3, 0.4) is 0 Å². The van der Waals surface area contributed by atoms with E-state index in [0.29, 0.717) is 0 Å². The van der Waals surface area contributed by atoms with Gasteiger partial charge in [0.2, 0.25) is 0 Å². The Morgan fingerprint density at radius 2 is 2.00 bits per heavy atom. The minimum absolute atomic E-state index is 0.0591. The highest BCUT2D eigenvalue weighted by Crippen LogP contribution is 2.26. The van der Waals surface area contributed by atoms with Gasteiger partial charge in [0, 0.05) is 22.9 Å². The fourth-order valence-electron chi connectivity index (χ4n) is 1.87. The molecule has 1 unspecified atom stereocenters. The van der Waals surface area contributed by atoms with Gasteiger partial charge in [0.15, 0.2) is 0 Å². The Labute approximate surface area is 115 Å². The van der Waals surface area contributed by atoms with Crippen molar-refractivity contribution in [1.29, 1.82) is 0 Å². The van der Waals surface area contributed by atoms with Gasteiger partial charge >= 0.3 is 0 Å². The van der Waals surface area contributed by atoms with Crippen LogP contribution >= 0.6 is 15.9 Å². The van der Waals surface area contributed by atoms with E-state index in [9.17, 15) is 0 Å². The number of hydrogen-bond donors (Lipinski definition) is 1. The van der Waals surface area contributed by atoms with Crippen molar-refractivity contribution in [2.24, 2.45) is 5.73 Å². The van der Waals surface area contributed by atoms with E-state index in [2.05, 4.69) is 20.9 Å². The van der Waals surface area contributed by atoms with Crippen molar-refractivity contribution in [3.63, 3.8) is 0 Å². The van der Waals surface area contributed by atoms with Crippen LogP contribution in [0.25, 0.3) is 0 Å². The predicted molar refractivity (Wildman–Crippen MR) is 75.6 cm³/mol. The van der Waals surface area contributed by atoms with Gasteiger partial charge in [-0.1, -0.05) is 15.9 Å². The molecule has 0 aliphatic carbocycles. The average Bonchev–Trinajstić information content (AvgIpc) is 2.40. The molecular weight excluding hydrogens is 292 g/mol. The molecule has 94 valence electrons. The molecule has 2 N–H and O–H groups in total. The summed E-state index contributed by atoms with van der Waals surface area (Å²) in [6.07, 6.45) is 4.24. The summed E-state index contributed by atoms with van der Waals surface area (Å²) in [7, 11) is 1.67. The number of nitrogens with two attached hydrogens (primary N) is 1. The monoisotopic (exact) mass is 306 g/mol. The fourth-order valence-corrected chi connectivity index (χ4v) is 2.28. The molecule has 0 radical (unpaired) electrons. The number of halogens is 1. The summed E-state index contributed by atoms with van der Waals surface area (Å²) in [5, 5.41) is 0. The number of ether oxygens (including phenoxy) is 1. The summed E-state index contributed by atoms with van der Waals surface area (Å²) in [4.78, 5) is 3.99. The first-order chi connectivity index (χ1) is 8.70. The maximum absolute atomic E-state index is 6.20. The Morgan fingerprint density at radius 1 is 1.28 bits per heavy atom. The van der Waals surface area contributed by atoms with Crippen LogP contribution in [0.4, 0.5) is 0 Å². The van der Waals surface area contributed by atoms with Crippen molar-refractivity contribution in [3.05, 3.63) is 58.3 Å². The smallest absolute Gasteiger partial charge is 0.122 e. The van der Waals surface area contributed by atoms with Crippen LogP contribution in [-0.4, -0.2) is 12.1 Å². The molecule has 0 bridgehead atoms. The number of methoxy groups -OCH3 is 1. The molecule has 0 amide bonds. The number of aromatic nitrogens is 1. The van der Waals surface area contributed by atoms with Crippen LogP contribution in [0.1, 0.15) is 17.2 Å². The summed E-state index contributed by atoms with van der Waals surface area (Å²) < 4.78 is 6.38. The number of hydrogen-bond acceptors (Lipinski definition) is 3. The molecule has 2 aromatic rings. The minimum Gasteiger partial charge on any atom is -0.496 e. The molecule has 2 rings (SSSR count). The second-order valence-electron chi connectivity index (χ2n) is 4.05. The Hall–Kier alpha value is -1.39. The molecule has 0 aliphatic rings. The SMILES string of the molecule is COc1ccc(Br)cc1CC(N)c1ccncc1. The second-order valence-corrected chi connectivity index (χ2v) is 4.96. The lowest BCUT2D eigenvalue weighted by atomic mass is 10.00. The molecular formula is C14H15BrN2O. The van der Waals surface area contributed by atoms with Gasteiger partial charge in [0.05, 0.1) is 7.11 Å². The normalized spacial score (nSPS) is 12.2. The number of nitrogens with zero attached hydrogens (tertiary/aromatic N) is 1. The first-order valence-electron chi connectivity index (χ1n) is 5.68. The van der Waals surface area contributed by atoms with Crippen molar-refractivity contribution < 1.29 is 4.74 Å². The molecule has 1 atom stereocenters. The van der Waals surface area contributed by atoms with E-state index in [1.807, 2.05) is 30.3 Å². The summed E-state index contributed by atoms with van der Waals surface area (Å²) in [5.74, 6) is 0.864. The third kappa shape index (κ3) is 3.09. The average molecular weight is 307 g/mol.